The molecule has 1 aliphatic heterocycles. The smallest absolute Gasteiger partial charge is 0.335 e. The van der Waals surface area contributed by atoms with E-state index in [1.807, 2.05) is 46.0 Å². The van der Waals surface area contributed by atoms with Crippen molar-refractivity contribution >= 4 is 18.0 Å². The molecule has 0 saturated carbocycles. The van der Waals surface area contributed by atoms with Gasteiger partial charge in [0, 0.05) is 31.7 Å². The Bertz CT molecular complexity index is 1050. The molecule has 1 amide bonds. The molecule has 182 valence electrons. The van der Waals surface area contributed by atoms with Gasteiger partial charge in [-0.2, -0.15) is 0 Å². The van der Waals surface area contributed by atoms with Gasteiger partial charge < -0.3 is 19.8 Å². The van der Waals surface area contributed by atoms with Crippen molar-refractivity contribution in [3.8, 4) is 5.88 Å². The van der Waals surface area contributed by atoms with Crippen LogP contribution in [-0.2, 0) is 6.54 Å². The second-order valence-corrected chi connectivity index (χ2v) is 8.95. The zero-order valence-corrected chi connectivity index (χ0v) is 20.1. The number of nitrogens with zero attached hydrogens (tertiary/aromatic N) is 3. The summed E-state index contributed by atoms with van der Waals surface area (Å²) in [7, 11) is 1.95. The lowest BCUT2D eigenvalue weighted by Gasteiger charge is -2.37. The summed E-state index contributed by atoms with van der Waals surface area (Å²) in [6.45, 7) is 7.13. The van der Waals surface area contributed by atoms with Gasteiger partial charge in [0.15, 0.2) is 0 Å². The van der Waals surface area contributed by atoms with Crippen molar-refractivity contribution in [3.63, 3.8) is 0 Å². The number of rotatable bonds is 8. The third-order valence-electron chi connectivity index (χ3n) is 6.02. The van der Waals surface area contributed by atoms with Crippen LogP contribution in [0.5, 0.6) is 5.88 Å². The van der Waals surface area contributed by atoms with Crippen molar-refractivity contribution in [3.05, 3.63) is 64.9 Å². The minimum Gasteiger partial charge on any atom is -0.478 e. The lowest BCUT2D eigenvalue weighted by molar-refractivity contribution is 0.0325. The third-order valence-corrected chi connectivity index (χ3v) is 6.02. The number of aliphatic hydroxyl groups is 1. The van der Waals surface area contributed by atoms with Crippen molar-refractivity contribution in [2.24, 2.45) is 5.92 Å². The second kappa shape index (κ2) is 11.3. The quantitative estimate of drug-likeness (QED) is 0.615. The number of hydrogen-bond donors (Lipinski definition) is 2. The van der Waals surface area contributed by atoms with Gasteiger partial charge in [0.2, 0.25) is 5.88 Å². The number of ether oxygens (including phenoxy) is 1. The highest BCUT2D eigenvalue weighted by atomic mass is 16.5. The molecule has 1 aromatic heterocycles. The van der Waals surface area contributed by atoms with E-state index in [-0.39, 0.29) is 42.0 Å². The molecule has 8 nitrogen and oxygen atoms in total. The zero-order chi connectivity index (χ0) is 24.8. The molecular formula is C26H33N3O5. The molecule has 8 heteroatoms. The van der Waals surface area contributed by atoms with E-state index in [9.17, 15) is 19.8 Å². The Morgan fingerprint density at radius 2 is 2.15 bits per heavy atom. The Hall–Kier alpha value is -3.23. The van der Waals surface area contributed by atoms with Crippen LogP contribution in [0.2, 0.25) is 0 Å². The van der Waals surface area contributed by atoms with Gasteiger partial charge in [-0.05, 0) is 50.2 Å². The van der Waals surface area contributed by atoms with Crippen LogP contribution < -0.4 is 4.74 Å². The average Bonchev–Trinajstić information content (AvgIpc) is 2.81. The molecule has 0 radical (unpaired) electrons. The Morgan fingerprint density at radius 3 is 2.82 bits per heavy atom. The fraction of sp³-hybridized carbons (Fsp3) is 0.423. The molecule has 2 heterocycles. The van der Waals surface area contributed by atoms with Crippen LogP contribution in [0.3, 0.4) is 0 Å². The summed E-state index contributed by atoms with van der Waals surface area (Å²) >= 11 is 0. The fourth-order valence-corrected chi connectivity index (χ4v) is 4.11. The van der Waals surface area contributed by atoms with E-state index in [2.05, 4.69) is 9.88 Å². The molecule has 0 unspecified atom stereocenters. The number of amides is 1. The van der Waals surface area contributed by atoms with Crippen LogP contribution in [0, 0.1) is 5.92 Å². The number of allylic oxidation sites excluding steroid dienone is 1. The van der Waals surface area contributed by atoms with Gasteiger partial charge in [0.1, 0.15) is 11.7 Å². The van der Waals surface area contributed by atoms with Gasteiger partial charge in [-0.3, -0.25) is 9.69 Å². The molecule has 0 fully saturated rings. The lowest BCUT2D eigenvalue weighted by atomic mass is 9.99. The highest BCUT2D eigenvalue weighted by Crippen LogP contribution is 2.28. The molecule has 2 N–H and O–H groups in total. The Labute approximate surface area is 200 Å². The van der Waals surface area contributed by atoms with E-state index in [4.69, 9.17) is 4.74 Å². The van der Waals surface area contributed by atoms with E-state index in [0.717, 1.165) is 11.1 Å². The van der Waals surface area contributed by atoms with Gasteiger partial charge >= 0.3 is 5.97 Å². The molecule has 0 spiro atoms. The number of hydrogen-bond acceptors (Lipinski definition) is 6. The molecule has 0 aliphatic carbocycles. The van der Waals surface area contributed by atoms with E-state index >= 15 is 0 Å². The number of aromatic nitrogens is 1. The molecule has 34 heavy (non-hydrogen) atoms. The predicted octanol–water partition coefficient (Wildman–Crippen LogP) is 3.17. The first-order valence-electron chi connectivity index (χ1n) is 11.5. The van der Waals surface area contributed by atoms with E-state index in [1.54, 1.807) is 35.4 Å². The van der Waals surface area contributed by atoms with Crippen LogP contribution in [-0.4, -0.2) is 75.8 Å². The molecule has 3 atom stereocenters. The summed E-state index contributed by atoms with van der Waals surface area (Å²) in [5.74, 6) is -0.911. The standard InChI is InChI=1S/C26H33N3O5/c1-5-7-19-11-22-24(27-12-19)34-23(17(2)13-29(25(22)31)18(3)16-30)15-28(4)14-20-8-6-9-21(10-20)26(32)33/h5-12,17-18,23,30H,13-16H2,1-4H3,(H,32,33)/b7-5+/t17-,18-,23+/m1/s1. The monoisotopic (exact) mass is 467 g/mol. The molecule has 0 saturated heterocycles. The topological polar surface area (TPSA) is 103 Å². The summed E-state index contributed by atoms with van der Waals surface area (Å²) in [5.41, 5.74) is 2.32. The number of aromatic carboxylic acids is 1. The maximum absolute atomic E-state index is 13.4. The van der Waals surface area contributed by atoms with Crippen LogP contribution >= 0.6 is 0 Å². The molecule has 0 bridgehead atoms. The SMILES string of the molecule is C/C=C/c1cnc2c(c1)C(=O)N([C@H](C)CO)C[C@@H](C)[C@H](CN(C)Cc1cccc(C(=O)O)c1)O2. The van der Waals surface area contributed by atoms with Crippen molar-refractivity contribution in [1.82, 2.24) is 14.8 Å². The summed E-state index contributed by atoms with van der Waals surface area (Å²) in [6, 6.07) is 8.31. The van der Waals surface area contributed by atoms with Crippen molar-refractivity contribution in [2.45, 2.75) is 39.5 Å². The number of carbonyl (C=O) groups is 2. The van der Waals surface area contributed by atoms with Crippen LogP contribution in [0.25, 0.3) is 6.08 Å². The number of fused-ring (bicyclic) bond motifs is 1. The lowest BCUT2D eigenvalue weighted by Crippen LogP contribution is -2.49. The number of benzene rings is 1. The van der Waals surface area contributed by atoms with Gasteiger partial charge in [-0.15, -0.1) is 0 Å². The van der Waals surface area contributed by atoms with Gasteiger partial charge in [-0.25, -0.2) is 9.78 Å². The number of carboxylic acids is 1. The summed E-state index contributed by atoms with van der Waals surface area (Å²) in [4.78, 5) is 32.9. The van der Waals surface area contributed by atoms with E-state index in [1.165, 1.54) is 0 Å². The number of carboxylic acid groups (broad SMARTS) is 1. The van der Waals surface area contributed by atoms with Crippen molar-refractivity contribution in [2.75, 3.05) is 26.7 Å². The summed E-state index contributed by atoms with van der Waals surface area (Å²) in [6.07, 6.45) is 5.16. The maximum atomic E-state index is 13.4. The number of likely N-dealkylation sites (N-methyl/N-ethyl adjacent to an activating group) is 1. The van der Waals surface area contributed by atoms with Crippen LogP contribution in [0.4, 0.5) is 0 Å². The van der Waals surface area contributed by atoms with Crippen LogP contribution in [0.15, 0.2) is 42.6 Å². The highest BCUT2D eigenvalue weighted by molar-refractivity contribution is 5.97. The Balaban J connectivity index is 1.87. The number of aliphatic hydroxyl groups excluding tert-OH is 1. The minimum atomic E-state index is -0.954. The first-order chi connectivity index (χ1) is 16.2. The van der Waals surface area contributed by atoms with Gasteiger partial charge in [-0.1, -0.05) is 31.2 Å². The van der Waals surface area contributed by atoms with Crippen molar-refractivity contribution < 1.29 is 24.5 Å². The Morgan fingerprint density at radius 1 is 1.38 bits per heavy atom. The van der Waals surface area contributed by atoms with E-state index < -0.39 is 5.97 Å². The predicted molar refractivity (Wildman–Crippen MR) is 130 cm³/mol. The molecule has 2 aromatic rings. The Kier molecular flexibility index (Phi) is 8.41. The second-order valence-electron chi connectivity index (χ2n) is 8.95. The highest BCUT2D eigenvalue weighted by Gasteiger charge is 2.34. The average molecular weight is 468 g/mol. The molecule has 3 rings (SSSR count). The maximum Gasteiger partial charge on any atom is 0.335 e. The normalized spacial score (nSPS) is 19.5. The van der Waals surface area contributed by atoms with E-state index in [0.29, 0.717) is 25.2 Å². The first-order valence-corrected chi connectivity index (χ1v) is 11.5. The third kappa shape index (κ3) is 6.01. The molecule has 1 aliphatic rings. The largest absolute Gasteiger partial charge is 0.478 e. The number of carbonyl (C=O) groups excluding carboxylic acids is 1. The summed E-state index contributed by atoms with van der Waals surface area (Å²) in [5, 5.41) is 19.0. The van der Waals surface area contributed by atoms with Crippen molar-refractivity contribution in [1.29, 1.82) is 0 Å². The molecule has 1 aromatic carbocycles. The zero-order valence-electron chi connectivity index (χ0n) is 20.1. The van der Waals surface area contributed by atoms with Gasteiger partial charge in [0.05, 0.1) is 18.2 Å². The number of pyridine rings is 1. The first kappa shape index (κ1) is 25.4. The summed E-state index contributed by atoms with van der Waals surface area (Å²) < 4.78 is 6.30. The van der Waals surface area contributed by atoms with Crippen LogP contribution in [0.1, 0.15) is 52.6 Å². The van der Waals surface area contributed by atoms with Gasteiger partial charge in [0.25, 0.3) is 5.91 Å². The molecular weight excluding hydrogens is 434 g/mol. The minimum absolute atomic E-state index is 0.0316. The fourth-order valence-electron chi connectivity index (χ4n) is 4.11.